The normalized spacial score (nSPS) is 22.2. The molecule has 0 bridgehead atoms. The molecule has 146 valence electrons. The molecule has 0 spiro atoms. The van der Waals surface area contributed by atoms with Crippen LogP contribution in [0.25, 0.3) is 0 Å². The second-order valence-corrected chi connectivity index (χ2v) is 14.1. The first-order valence-corrected chi connectivity index (χ1v) is 12.0. The van der Waals surface area contributed by atoms with E-state index in [9.17, 15) is 14.4 Å². The van der Waals surface area contributed by atoms with Crippen molar-refractivity contribution >= 4 is 37.7 Å². The van der Waals surface area contributed by atoms with Gasteiger partial charge in [-0.05, 0) is 25.1 Å². The molecule has 3 atom stereocenters. The number of amides is 1. The minimum atomic E-state index is -1.99. The van der Waals surface area contributed by atoms with E-state index in [0.29, 0.717) is 12.8 Å². The van der Waals surface area contributed by atoms with E-state index in [0.717, 1.165) is 0 Å². The molecule has 1 amide bonds. The third kappa shape index (κ3) is 7.11. The SMILES string of the molecule is C.CC(S[C@H]1CC(=O)C[C@@H]1O[Si](C)(C)C(C)(C)C)C(=O)NCC(=O)O. The van der Waals surface area contributed by atoms with Gasteiger partial charge in [0, 0.05) is 18.1 Å². The Morgan fingerprint density at radius 2 is 1.92 bits per heavy atom. The highest BCUT2D eigenvalue weighted by molar-refractivity contribution is 8.01. The van der Waals surface area contributed by atoms with Gasteiger partial charge in [0.2, 0.25) is 5.91 Å². The Labute approximate surface area is 156 Å². The zero-order valence-corrected chi connectivity index (χ0v) is 17.2. The number of carbonyl (C=O) groups excluding carboxylic acids is 2. The van der Waals surface area contributed by atoms with Crippen molar-refractivity contribution in [1.82, 2.24) is 5.32 Å². The summed E-state index contributed by atoms with van der Waals surface area (Å²) in [7, 11) is -1.99. The molecule has 1 aliphatic rings. The predicted molar refractivity (Wildman–Crippen MR) is 105 cm³/mol. The van der Waals surface area contributed by atoms with Crippen molar-refractivity contribution in [3.63, 3.8) is 0 Å². The Hall–Kier alpha value is -0.863. The lowest BCUT2D eigenvalue weighted by atomic mass is 10.2. The quantitative estimate of drug-likeness (QED) is 0.648. The number of thioether (sulfide) groups is 1. The molecule has 0 aromatic heterocycles. The maximum Gasteiger partial charge on any atom is 0.322 e. The van der Waals surface area contributed by atoms with Gasteiger partial charge in [0.25, 0.3) is 0 Å². The fraction of sp³-hybridized carbons (Fsp3) is 0.824. The van der Waals surface area contributed by atoms with Gasteiger partial charge in [0.05, 0.1) is 11.4 Å². The van der Waals surface area contributed by atoms with Crippen LogP contribution in [0.15, 0.2) is 0 Å². The number of nitrogens with one attached hydrogen (secondary N) is 1. The highest BCUT2D eigenvalue weighted by Gasteiger charge is 2.44. The maximum absolute atomic E-state index is 12.0. The predicted octanol–water partition coefficient (Wildman–Crippen LogP) is 3.07. The topological polar surface area (TPSA) is 92.7 Å². The van der Waals surface area contributed by atoms with E-state index in [1.165, 1.54) is 11.8 Å². The third-order valence-corrected chi connectivity index (χ3v) is 10.6. The van der Waals surface area contributed by atoms with E-state index in [1.807, 2.05) is 0 Å². The monoisotopic (exact) mass is 391 g/mol. The second kappa shape index (κ2) is 9.18. The van der Waals surface area contributed by atoms with Crippen LogP contribution in [-0.2, 0) is 18.8 Å². The molecule has 1 saturated carbocycles. The molecule has 0 radical (unpaired) electrons. The molecule has 0 heterocycles. The van der Waals surface area contributed by atoms with Crippen LogP contribution < -0.4 is 5.32 Å². The first-order chi connectivity index (χ1) is 10.8. The Morgan fingerprint density at radius 3 is 2.40 bits per heavy atom. The molecule has 1 unspecified atom stereocenters. The summed E-state index contributed by atoms with van der Waals surface area (Å²) < 4.78 is 6.40. The van der Waals surface area contributed by atoms with Crippen molar-refractivity contribution in [2.75, 3.05) is 6.54 Å². The molecule has 8 heteroatoms. The van der Waals surface area contributed by atoms with E-state index >= 15 is 0 Å². The minimum absolute atomic E-state index is 0. The van der Waals surface area contributed by atoms with E-state index in [-0.39, 0.29) is 35.5 Å². The number of carboxylic acids is 1. The number of hydrogen-bond acceptors (Lipinski definition) is 5. The van der Waals surface area contributed by atoms with Crippen LogP contribution >= 0.6 is 11.8 Å². The molecule has 1 fully saturated rings. The molecule has 0 aromatic carbocycles. The summed E-state index contributed by atoms with van der Waals surface area (Å²) in [6, 6.07) is 0. The number of carboxylic acid groups (broad SMARTS) is 1. The van der Waals surface area contributed by atoms with Gasteiger partial charge in [-0.25, -0.2) is 0 Å². The van der Waals surface area contributed by atoms with Gasteiger partial charge in [0.15, 0.2) is 8.32 Å². The molecular formula is C17H33NO5SSi. The van der Waals surface area contributed by atoms with Crippen molar-refractivity contribution < 1.29 is 23.9 Å². The molecule has 1 aliphatic carbocycles. The number of ketones is 1. The molecule has 0 aliphatic heterocycles. The fourth-order valence-electron chi connectivity index (χ4n) is 2.23. The fourth-order valence-corrected chi connectivity index (χ4v) is 5.03. The van der Waals surface area contributed by atoms with E-state index in [4.69, 9.17) is 9.53 Å². The van der Waals surface area contributed by atoms with Gasteiger partial charge in [-0.15, -0.1) is 11.8 Å². The van der Waals surface area contributed by atoms with Crippen LogP contribution in [-0.4, -0.2) is 54.2 Å². The van der Waals surface area contributed by atoms with Gasteiger partial charge in [-0.2, -0.15) is 0 Å². The second-order valence-electron chi connectivity index (χ2n) is 7.79. The summed E-state index contributed by atoms with van der Waals surface area (Å²) in [5.41, 5.74) is 0. The lowest BCUT2D eigenvalue weighted by Gasteiger charge is -2.39. The lowest BCUT2D eigenvalue weighted by molar-refractivity contribution is -0.137. The van der Waals surface area contributed by atoms with Gasteiger partial charge in [-0.3, -0.25) is 14.4 Å². The maximum atomic E-state index is 12.0. The summed E-state index contributed by atoms with van der Waals surface area (Å²) in [6.07, 6.45) is 0.631. The molecular weight excluding hydrogens is 358 g/mol. The van der Waals surface area contributed by atoms with Gasteiger partial charge >= 0.3 is 5.97 Å². The Balaban J connectivity index is 0.00000576. The Kier molecular flexibility index (Phi) is 8.87. The van der Waals surface area contributed by atoms with Crippen molar-refractivity contribution in [1.29, 1.82) is 0 Å². The largest absolute Gasteiger partial charge is 0.480 e. The molecule has 1 rings (SSSR count). The Morgan fingerprint density at radius 1 is 1.36 bits per heavy atom. The summed E-state index contributed by atoms with van der Waals surface area (Å²) in [5.74, 6) is -1.24. The number of carbonyl (C=O) groups is 3. The molecule has 25 heavy (non-hydrogen) atoms. The van der Waals surface area contributed by atoms with Crippen LogP contribution in [0.3, 0.4) is 0 Å². The molecule has 2 N–H and O–H groups in total. The number of hydrogen-bond donors (Lipinski definition) is 2. The first kappa shape index (κ1) is 24.1. The van der Waals surface area contributed by atoms with Crippen molar-refractivity contribution in [2.24, 2.45) is 0 Å². The summed E-state index contributed by atoms with van der Waals surface area (Å²) in [6.45, 7) is 12.1. The minimum Gasteiger partial charge on any atom is -0.480 e. The van der Waals surface area contributed by atoms with Gasteiger partial charge < -0.3 is 14.8 Å². The van der Waals surface area contributed by atoms with Crippen molar-refractivity contribution in [3.05, 3.63) is 0 Å². The number of aliphatic carboxylic acids is 1. The lowest BCUT2D eigenvalue weighted by Crippen LogP contribution is -2.45. The van der Waals surface area contributed by atoms with E-state index < -0.39 is 26.1 Å². The smallest absolute Gasteiger partial charge is 0.322 e. The Bertz CT molecular complexity index is 504. The number of rotatable bonds is 7. The van der Waals surface area contributed by atoms with Crippen LogP contribution in [0.5, 0.6) is 0 Å². The van der Waals surface area contributed by atoms with Crippen LogP contribution in [0.2, 0.25) is 18.1 Å². The first-order valence-electron chi connectivity index (χ1n) is 8.18. The standard InChI is InChI=1S/C16H29NO5SSi.CH4/c1-10(15(21)17-9-14(19)20)23-13-8-11(18)7-12(13)22-24(5,6)16(2,3)4;/h10,12-13H,7-9H2,1-6H3,(H,17,21)(H,19,20);1H4/t10?,12-,13-;/m0./s1. The van der Waals surface area contributed by atoms with E-state index in [1.54, 1.807) is 6.92 Å². The molecule has 0 aromatic rings. The summed E-state index contributed by atoms with van der Waals surface area (Å²) in [5, 5.41) is 10.6. The third-order valence-electron chi connectivity index (χ3n) is 4.69. The zero-order valence-electron chi connectivity index (χ0n) is 15.3. The summed E-state index contributed by atoms with van der Waals surface area (Å²) in [4.78, 5) is 34.4. The highest BCUT2D eigenvalue weighted by Crippen LogP contribution is 2.41. The average Bonchev–Trinajstić information content (AvgIpc) is 2.73. The van der Waals surface area contributed by atoms with Gasteiger partial charge in [0.1, 0.15) is 12.3 Å². The average molecular weight is 392 g/mol. The zero-order chi connectivity index (χ0) is 18.7. The summed E-state index contributed by atoms with van der Waals surface area (Å²) >= 11 is 1.40. The molecule has 0 saturated heterocycles. The molecule has 6 nitrogen and oxygen atoms in total. The number of Topliss-reactive ketones (excluding diaryl/α,β-unsaturated/α-hetero) is 1. The van der Waals surface area contributed by atoms with E-state index in [2.05, 4.69) is 39.2 Å². The van der Waals surface area contributed by atoms with Crippen molar-refractivity contribution in [3.8, 4) is 0 Å². The highest BCUT2D eigenvalue weighted by atomic mass is 32.2. The van der Waals surface area contributed by atoms with Gasteiger partial charge in [-0.1, -0.05) is 28.2 Å². The van der Waals surface area contributed by atoms with Crippen LogP contribution in [0.1, 0.15) is 48.0 Å². The van der Waals surface area contributed by atoms with Crippen LogP contribution in [0.4, 0.5) is 0 Å². The van der Waals surface area contributed by atoms with Crippen LogP contribution in [0, 0.1) is 0 Å². The van der Waals surface area contributed by atoms with Crippen molar-refractivity contribution in [2.45, 2.75) is 82.7 Å².